The fraction of sp³-hybridized carbons (Fsp3) is 0.357. The number of hydrogen-bond acceptors (Lipinski definition) is 3. The van der Waals surface area contributed by atoms with Crippen molar-refractivity contribution >= 4 is 0 Å². The molecule has 1 aliphatic heterocycles. The van der Waals surface area contributed by atoms with Crippen LogP contribution in [0.4, 0.5) is 8.78 Å². The standard InChI is InChI=1S/C14H15F2N3O/c15-10-2-3-12(13(16)6-10)14(20)9-18-7-11(8-18)19-5-1-4-17-19/h1-6,11,14,20H,7-9H2/t14-/m1/s1. The van der Waals surface area contributed by atoms with Crippen LogP contribution in [-0.2, 0) is 0 Å². The van der Waals surface area contributed by atoms with Crippen LogP contribution in [-0.4, -0.2) is 39.4 Å². The minimum absolute atomic E-state index is 0.133. The van der Waals surface area contributed by atoms with Gasteiger partial charge in [-0.1, -0.05) is 6.07 Å². The van der Waals surface area contributed by atoms with Gasteiger partial charge < -0.3 is 5.11 Å². The van der Waals surface area contributed by atoms with Crippen LogP contribution < -0.4 is 0 Å². The van der Waals surface area contributed by atoms with Crippen LogP contribution in [0.3, 0.4) is 0 Å². The fourth-order valence-corrected chi connectivity index (χ4v) is 2.47. The summed E-state index contributed by atoms with van der Waals surface area (Å²) >= 11 is 0. The summed E-state index contributed by atoms with van der Waals surface area (Å²) in [5.74, 6) is -1.34. The molecule has 0 unspecified atom stereocenters. The minimum atomic E-state index is -0.950. The van der Waals surface area contributed by atoms with E-state index in [1.54, 1.807) is 6.20 Å². The first-order valence-electron chi connectivity index (χ1n) is 6.48. The highest BCUT2D eigenvalue weighted by Crippen LogP contribution is 2.25. The number of β-amino-alcohol motifs (C(OH)–C–C–N with tert-alkyl or cyclic N) is 1. The lowest BCUT2D eigenvalue weighted by Gasteiger charge is -2.40. The van der Waals surface area contributed by atoms with E-state index in [1.165, 1.54) is 6.07 Å². The molecule has 4 nitrogen and oxygen atoms in total. The van der Waals surface area contributed by atoms with Gasteiger partial charge in [-0.15, -0.1) is 0 Å². The highest BCUT2D eigenvalue weighted by molar-refractivity contribution is 5.21. The lowest BCUT2D eigenvalue weighted by molar-refractivity contribution is 0.0388. The van der Waals surface area contributed by atoms with Crippen molar-refractivity contribution in [3.05, 3.63) is 53.9 Å². The largest absolute Gasteiger partial charge is 0.387 e. The SMILES string of the molecule is O[C@H](CN1CC(n2cccn2)C1)c1ccc(F)cc1F. The second-order valence-electron chi connectivity index (χ2n) is 5.04. The number of aromatic nitrogens is 2. The summed E-state index contributed by atoms with van der Waals surface area (Å²) < 4.78 is 28.2. The molecule has 1 aromatic heterocycles. The number of likely N-dealkylation sites (tertiary alicyclic amines) is 1. The Hall–Kier alpha value is -1.79. The summed E-state index contributed by atoms with van der Waals surface area (Å²) in [6.45, 7) is 1.86. The van der Waals surface area contributed by atoms with E-state index in [-0.39, 0.29) is 5.56 Å². The van der Waals surface area contributed by atoms with Gasteiger partial charge in [0.05, 0.1) is 12.1 Å². The minimum Gasteiger partial charge on any atom is -0.387 e. The van der Waals surface area contributed by atoms with Crippen molar-refractivity contribution in [3.8, 4) is 0 Å². The Labute approximate surface area is 115 Å². The maximum atomic E-state index is 13.5. The van der Waals surface area contributed by atoms with Crippen molar-refractivity contribution in [1.29, 1.82) is 0 Å². The van der Waals surface area contributed by atoms with Gasteiger partial charge >= 0.3 is 0 Å². The molecule has 0 aliphatic carbocycles. The van der Waals surface area contributed by atoms with E-state index >= 15 is 0 Å². The van der Waals surface area contributed by atoms with Gasteiger partial charge in [-0.05, 0) is 12.1 Å². The van der Waals surface area contributed by atoms with Gasteiger partial charge in [-0.25, -0.2) is 8.78 Å². The van der Waals surface area contributed by atoms with Gasteiger partial charge in [0.1, 0.15) is 11.6 Å². The van der Waals surface area contributed by atoms with E-state index in [2.05, 4.69) is 5.10 Å². The fourth-order valence-electron chi connectivity index (χ4n) is 2.47. The van der Waals surface area contributed by atoms with E-state index in [9.17, 15) is 13.9 Å². The molecule has 6 heteroatoms. The molecule has 2 aromatic rings. The van der Waals surface area contributed by atoms with Crippen molar-refractivity contribution in [3.63, 3.8) is 0 Å². The smallest absolute Gasteiger partial charge is 0.131 e. The van der Waals surface area contributed by atoms with Gasteiger partial charge in [-0.2, -0.15) is 5.10 Å². The Bertz CT molecular complexity index is 582. The maximum Gasteiger partial charge on any atom is 0.131 e. The maximum absolute atomic E-state index is 13.5. The molecule has 0 amide bonds. The zero-order valence-electron chi connectivity index (χ0n) is 10.8. The van der Waals surface area contributed by atoms with Crippen molar-refractivity contribution < 1.29 is 13.9 Å². The van der Waals surface area contributed by atoms with Crippen molar-refractivity contribution in [2.45, 2.75) is 12.1 Å². The molecule has 1 aliphatic rings. The molecule has 3 rings (SSSR count). The van der Waals surface area contributed by atoms with Gasteiger partial charge in [0, 0.05) is 43.7 Å². The summed E-state index contributed by atoms with van der Waals surface area (Å²) in [6.07, 6.45) is 2.68. The Morgan fingerprint density at radius 2 is 2.15 bits per heavy atom. The zero-order valence-corrected chi connectivity index (χ0v) is 10.8. The Kier molecular flexibility index (Phi) is 3.50. The van der Waals surface area contributed by atoms with Crippen LogP contribution in [0, 0.1) is 11.6 Å². The molecule has 0 bridgehead atoms. The third-order valence-electron chi connectivity index (χ3n) is 3.59. The number of halogens is 2. The Morgan fingerprint density at radius 3 is 2.80 bits per heavy atom. The highest BCUT2D eigenvalue weighted by atomic mass is 19.1. The van der Waals surface area contributed by atoms with Crippen LogP contribution in [0.25, 0.3) is 0 Å². The number of nitrogens with zero attached hydrogens (tertiary/aromatic N) is 3. The topological polar surface area (TPSA) is 41.3 Å². The molecule has 1 saturated heterocycles. The molecule has 106 valence electrons. The van der Waals surface area contributed by atoms with Crippen LogP contribution in [0.5, 0.6) is 0 Å². The summed E-state index contributed by atoms with van der Waals surface area (Å²) in [4.78, 5) is 2.01. The summed E-state index contributed by atoms with van der Waals surface area (Å²) in [5.41, 5.74) is 0.133. The van der Waals surface area contributed by atoms with Crippen LogP contribution in [0.2, 0.25) is 0 Å². The molecular formula is C14H15F2N3O. The molecule has 1 aromatic carbocycles. The molecule has 0 saturated carbocycles. The number of rotatable bonds is 4. The van der Waals surface area contributed by atoms with Crippen LogP contribution >= 0.6 is 0 Å². The molecule has 1 fully saturated rings. The number of hydrogen-bond donors (Lipinski definition) is 1. The summed E-state index contributed by atoms with van der Waals surface area (Å²) in [6, 6.07) is 5.41. The zero-order chi connectivity index (χ0) is 14.1. The second-order valence-corrected chi connectivity index (χ2v) is 5.04. The van der Waals surface area contributed by atoms with Crippen LogP contribution in [0.15, 0.2) is 36.7 Å². The lowest BCUT2D eigenvalue weighted by atomic mass is 10.0. The van der Waals surface area contributed by atoms with Crippen molar-refractivity contribution in [2.24, 2.45) is 0 Å². The summed E-state index contributed by atoms with van der Waals surface area (Å²) in [5, 5.41) is 14.2. The van der Waals surface area contributed by atoms with E-state index in [0.717, 1.165) is 25.2 Å². The highest BCUT2D eigenvalue weighted by Gasteiger charge is 2.30. The average molecular weight is 279 g/mol. The molecule has 2 heterocycles. The van der Waals surface area contributed by atoms with E-state index < -0.39 is 17.7 Å². The van der Waals surface area contributed by atoms with Crippen LogP contribution in [0.1, 0.15) is 17.7 Å². The number of aliphatic hydroxyl groups excluding tert-OH is 1. The Morgan fingerprint density at radius 1 is 1.35 bits per heavy atom. The molecule has 20 heavy (non-hydrogen) atoms. The second kappa shape index (κ2) is 5.30. The van der Waals surface area contributed by atoms with Gasteiger partial charge in [0.15, 0.2) is 0 Å². The lowest BCUT2D eigenvalue weighted by Crippen LogP contribution is -2.49. The van der Waals surface area contributed by atoms with Crippen molar-refractivity contribution in [2.75, 3.05) is 19.6 Å². The first-order valence-corrected chi connectivity index (χ1v) is 6.48. The first-order chi connectivity index (χ1) is 9.63. The third-order valence-corrected chi connectivity index (χ3v) is 3.59. The predicted octanol–water partition coefficient (Wildman–Crippen LogP) is 1.75. The Balaban J connectivity index is 1.57. The van der Waals surface area contributed by atoms with E-state index in [1.807, 2.05) is 21.8 Å². The molecular weight excluding hydrogens is 264 g/mol. The summed E-state index contributed by atoms with van der Waals surface area (Å²) in [7, 11) is 0. The quantitative estimate of drug-likeness (QED) is 0.927. The van der Waals surface area contributed by atoms with E-state index in [4.69, 9.17) is 0 Å². The normalized spacial score (nSPS) is 17.9. The molecule has 0 radical (unpaired) electrons. The number of aliphatic hydroxyl groups is 1. The predicted molar refractivity (Wildman–Crippen MR) is 69.0 cm³/mol. The monoisotopic (exact) mass is 279 g/mol. The van der Waals surface area contributed by atoms with Gasteiger partial charge in [0.25, 0.3) is 0 Å². The molecule has 1 atom stereocenters. The molecule has 1 N–H and O–H groups in total. The number of benzene rings is 1. The van der Waals surface area contributed by atoms with Crippen molar-refractivity contribution in [1.82, 2.24) is 14.7 Å². The van der Waals surface area contributed by atoms with Gasteiger partial charge in [-0.3, -0.25) is 9.58 Å². The third kappa shape index (κ3) is 2.57. The van der Waals surface area contributed by atoms with E-state index in [0.29, 0.717) is 12.6 Å². The molecule has 0 spiro atoms. The first kappa shape index (κ1) is 13.2. The average Bonchev–Trinajstić information content (AvgIpc) is 2.86. The van der Waals surface area contributed by atoms with Gasteiger partial charge in [0.2, 0.25) is 0 Å².